The Morgan fingerprint density at radius 1 is 0.303 bits per heavy atom. The van der Waals surface area contributed by atoms with Crippen molar-refractivity contribution in [2.75, 3.05) is 58.4 Å². The van der Waals surface area contributed by atoms with Crippen LogP contribution in [0.25, 0.3) is 0 Å². The molecule has 0 saturated carbocycles. The summed E-state index contributed by atoms with van der Waals surface area (Å²) < 4.78 is 0. The number of ketones is 4. The van der Waals surface area contributed by atoms with E-state index in [1.54, 1.807) is 0 Å². The summed E-state index contributed by atoms with van der Waals surface area (Å²) in [4.78, 5) is 189. The number of carboxylic acids is 3. The second kappa shape index (κ2) is 53.8. The van der Waals surface area contributed by atoms with Crippen LogP contribution in [0.15, 0.2) is 0 Å². The van der Waals surface area contributed by atoms with Gasteiger partial charge in [0.15, 0.2) is 17.3 Å². The molecule has 109 heavy (non-hydrogen) atoms. The summed E-state index contributed by atoms with van der Waals surface area (Å²) in [6.07, 6.45) is -47.1. The molecule has 0 saturated heterocycles. The number of carboxylic acid groups (broad SMARTS) is 3. The fourth-order valence-electron chi connectivity index (χ4n) is 10.3. The van der Waals surface area contributed by atoms with Crippen molar-refractivity contribution >= 4 is 95.0 Å². The molecule has 44 nitrogen and oxygen atoms in total. The first-order valence-corrected chi connectivity index (χ1v) is 35.3. The highest BCUT2D eigenvalue weighted by atomic mass is 32.1. The third-order valence-electron chi connectivity index (χ3n) is 17.5. The van der Waals surface area contributed by atoms with Crippen molar-refractivity contribution in [2.24, 2.45) is 23.7 Å². The Kier molecular flexibility index (Phi) is 50.3. The number of hydrogen-bond donors (Lipinski definition) is 31. The number of thiol groups is 1. The third-order valence-corrected chi connectivity index (χ3v) is 17.9. The number of nitrogens with one attached hydrogen (secondary N) is 7. The summed E-state index contributed by atoms with van der Waals surface area (Å²) >= 11 is 3.94. The molecule has 0 radical (unpaired) electrons. The summed E-state index contributed by atoms with van der Waals surface area (Å²) in [6, 6.07) is -5.96. The molecular weight excluding hydrogens is 1490 g/mol. The van der Waals surface area contributed by atoms with Crippen LogP contribution < -0.4 is 37.2 Å². The highest BCUT2D eigenvalue weighted by Gasteiger charge is 2.39. The number of aliphatic carboxylic acids is 3. The van der Waals surface area contributed by atoms with Gasteiger partial charge in [-0.15, -0.1) is 0 Å². The van der Waals surface area contributed by atoms with E-state index < -0.39 is 383 Å². The molecule has 23 atom stereocenters. The van der Waals surface area contributed by atoms with E-state index in [1.807, 2.05) is 0 Å². The highest BCUT2D eigenvalue weighted by molar-refractivity contribution is 7.80. The maximum Gasteiger partial charge on any atom is 0.307 e. The average molecular weight is 1600 g/mol. The van der Waals surface area contributed by atoms with Crippen LogP contribution in [0.5, 0.6) is 0 Å². The maximum absolute atomic E-state index is 14.9. The average Bonchev–Trinajstić information content (AvgIpc) is 0.874. The summed E-state index contributed by atoms with van der Waals surface area (Å²) in [7, 11) is 0. The van der Waals surface area contributed by atoms with E-state index in [0.717, 1.165) is 0 Å². The van der Waals surface area contributed by atoms with Gasteiger partial charge < -0.3 is 155 Å². The molecule has 0 aromatic carbocycles. The van der Waals surface area contributed by atoms with Crippen molar-refractivity contribution in [3.63, 3.8) is 0 Å². The first-order valence-electron chi connectivity index (χ1n) is 34.6. The van der Waals surface area contributed by atoms with Gasteiger partial charge in [-0.25, -0.2) is 0 Å². The Morgan fingerprint density at radius 3 is 0.761 bits per heavy atom. The van der Waals surface area contributed by atoms with Crippen molar-refractivity contribution < 1.29 is 185 Å². The monoisotopic (exact) mass is 1600 g/mol. The van der Waals surface area contributed by atoms with E-state index in [2.05, 4.69) is 49.8 Å². The fourth-order valence-corrected chi connectivity index (χ4v) is 10.6. The number of amides is 7. The number of aliphatic hydroxyl groups is 20. The first-order chi connectivity index (χ1) is 51.0. The van der Waals surface area contributed by atoms with Gasteiger partial charge in [0.25, 0.3) is 0 Å². The van der Waals surface area contributed by atoms with Gasteiger partial charge in [0, 0.05) is 120 Å². The van der Waals surface area contributed by atoms with Crippen LogP contribution in [0.3, 0.4) is 0 Å². The molecule has 0 aliphatic heterocycles. The van der Waals surface area contributed by atoms with Crippen LogP contribution in [0.2, 0.25) is 0 Å². The van der Waals surface area contributed by atoms with Gasteiger partial charge in [-0.3, -0.25) is 67.1 Å². The molecule has 0 bridgehead atoms. The minimum atomic E-state index is -2.23. The van der Waals surface area contributed by atoms with Crippen molar-refractivity contribution in [1.82, 2.24) is 37.2 Å². The van der Waals surface area contributed by atoms with E-state index in [0.29, 0.717) is 0 Å². The largest absolute Gasteiger partial charge is 0.481 e. The van der Waals surface area contributed by atoms with E-state index in [4.69, 9.17) is 10.2 Å². The number of hydrogen-bond acceptors (Lipinski definition) is 35. The molecule has 30 N–H and O–H groups in total. The number of carbonyl (C=O) groups is 14. The molecule has 45 heteroatoms. The van der Waals surface area contributed by atoms with E-state index in [1.165, 1.54) is 6.92 Å². The summed E-state index contributed by atoms with van der Waals surface area (Å²) in [5.41, 5.74) is 0. The molecule has 0 aliphatic rings. The maximum atomic E-state index is 14.9. The standard InChI is InChI=1S/C64H109N7O37S/c1-2-32(76)15-28(3-9-47(88)65-19-39(80)53(96)57(100)43(84)23-72)61(104)71-35(8-14-52(94)95)37(78)16-29(4-10-48(89)66-20-40(81)54(97)58(101)44(85)24-73)62(105)69-33(6-11-49(90)67-21-41(82)55(98)59(102)45(86)25-74)36(77)17-30(5-13-51(92)93)63(106)70-34(38(79)18-31(27-109)64(107)108)7-12-50(91)68-22-42(83)56(99)60(103)46(87)26-75/h28-31,33-35,39-46,53-60,72-75,80-87,96-103,109H,2-27H2,1H3,(H,65,88)(H,66,89)(H,67,90)(H,68,91)(H,69,105)(H,70,106)(H,71,104)(H,92,93)(H,94,95)(H,107,108)/t28-,29-,30-,31+,33+,34+,35+,39+,40+,41+,42+,43-,44-,45-,46-,53-,54-,55-,56-,57-,58-,59-,60-/m1/s1. The summed E-state index contributed by atoms with van der Waals surface area (Å²) in [5.74, 6) is -24.6. The molecule has 0 aliphatic carbocycles. The molecule has 0 unspecified atom stereocenters. The topological polar surface area (TPSA) is 788 Å². The van der Waals surface area contributed by atoms with Crippen LogP contribution in [0, 0.1) is 23.7 Å². The van der Waals surface area contributed by atoms with Crippen LogP contribution in [0.4, 0.5) is 0 Å². The SMILES string of the molecule is CCC(=O)C[C@@H](CCC(=O)NC[C@H](O)[C@@H](O)[C@H](O)[C@H](O)CO)C(=O)N[C@@H](CCC(=O)O)C(=O)C[C@@H](CCC(=O)NC[C@H](O)[C@@H](O)[C@H](O)[C@H](O)CO)C(=O)N[C@@H](CCC(=O)NC[C@H](O)[C@@H](O)[C@H](O)[C@H](O)CO)C(=O)C[C@@H](CCC(=O)O)C(=O)N[C@@H](CCC(=O)NC[C@H](O)[C@@H](O)[C@H](O)[C@H](O)CO)C(=O)C[C@@H](CS)C(=O)O. The Hall–Kier alpha value is -7.07. The lowest BCUT2D eigenvalue weighted by Crippen LogP contribution is -2.50. The van der Waals surface area contributed by atoms with E-state index in [9.17, 15) is 174 Å². The van der Waals surface area contributed by atoms with Crippen molar-refractivity contribution in [1.29, 1.82) is 0 Å². The summed E-state index contributed by atoms with van der Waals surface area (Å²) in [6.45, 7) is -6.38. The molecule has 0 aromatic heterocycles. The van der Waals surface area contributed by atoms with Gasteiger partial charge in [-0.1, -0.05) is 6.92 Å². The molecule has 0 spiro atoms. The lowest BCUT2D eigenvalue weighted by atomic mass is 9.88. The molecule has 0 aromatic rings. The van der Waals surface area contributed by atoms with E-state index in [-0.39, 0.29) is 6.42 Å². The van der Waals surface area contributed by atoms with Crippen molar-refractivity contribution in [3.8, 4) is 0 Å². The summed E-state index contributed by atoms with van der Waals surface area (Å²) in [5, 5.41) is 243. The lowest BCUT2D eigenvalue weighted by molar-refractivity contribution is -0.143. The number of carbonyl (C=O) groups excluding carboxylic acids is 11. The minimum absolute atomic E-state index is 0.196. The van der Waals surface area contributed by atoms with Gasteiger partial charge in [-0.2, -0.15) is 12.6 Å². The molecule has 0 rings (SSSR count). The van der Waals surface area contributed by atoms with Crippen LogP contribution in [0.1, 0.15) is 116 Å². The quantitative estimate of drug-likeness (QED) is 0.0251. The molecule has 7 amide bonds. The van der Waals surface area contributed by atoms with Crippen molar-refractivity contribution in [2.45, 2.75) is 232 Å². The van der Waals surface area contributed by atoms with Crippen LogP contribution in [-0.4, -0.2) is 374 Å². The van der Waals surface area contributed by atoms with Gasteiger partial charge in [0.2, 0.25) is 41.4 Å². The van der Waals surface area contributed by atoms with Gasteiger partial charge >= 0.3 is 17.9 Å². The Balaban J connectivity index is 8.03. The molecule has 628 valence electrons. The zero-order valence-corrected chi connectivity index (χ0v) is 60.5. The molecule has 0 fully saturated rings. The number of rotatable bonds is 62. The van der Waals surface area contributed by atoms with Gasteiger partial charge in [0.1, 0.15) is 79.0 Å². The lowest BCUT2D eigenvalue weighted by Gasteiger charge is -2.27. The smallest absolute Gasteiger partial charge is 0.307 e. The molecule has 0 heterocycles. The van der Waals surface area contributed by atoms with Crippen molar-refractivity contribution in [3.05, 3.63) is 0 Å². The zero-order chi connectivity index (χ0) is 83.7. The predicted octanol–water partition coefficient (Wildman–Crippen LogP) is -13.8. The van der Waals surface area contributed by atoms with Crippen LogP contribution >= 0.6 is 12.6 Å². The first kappa shape index (κ1) is 102. The van der Waals surface area contributed by atoms with Gasteiger partial charge in [-0.05, 0) is 38.5 Å². The highest BCUT2D eigenvalue weighted by Crippen LogP contribution is 2.23. The second-order valence-electron chi connectivity index (χ2n) is 26.0. The second-order valence-corrected chi connectivity index (χ2v) is 26.4. The number of aliphatic hydroxyl groups excluding tert-OH is 20. The Bertz CT molecular complexity index is 2890. The minimum Gasteiger partial charge on any atom is -0.481 e. The zero-order valence-electron chi connectivity index (χ0n) is 59.6. The predicted molar refractivity (Wildman–Crippen MR) is 367 cm³/mol. The van der Waals surface area contributed by atoms with Crippen LogP contribution in [-0.2, 0) is 67.1 Å². The molecular formula is C64H109N7O37S. The third kappa shape index (κ3) is 39.1. The van der Waals surface area contributed by atoms with E-state index >= 15 is 0 Å². The number of Topliss-reactive ketones (excluding diaryl/α,β-unsaturated/α-hetero) is 4. The Labute approximate surface area is 628 Å². The fraction of sp³-hybridized carbons (Fsp3) is 0.781. The normalized spacial score (nSPS) is 18.0. The Morgan fingerprint density at radius 2 is 0.523 bits per heavy atom. The van der Waals surface area contributed by atoms with Gasteiger partial charge in [0.05, 0.1) is 74.9 Å².